The van der Waals surface area contributed by atoms with Crippen LogP contribution in [0.5, 0.6) is 0 Å². The van der Waals surface area contributed by atoms with E-state index in [-0.39, 0.29) is 5.75 Å². The van der Waals surface area contributed by atoms with E-state index in [1.165, 1.54) is 23.1 Å². The molecule has 0 bridgehead atoms. The largest absolute Gasteiger partial charge is 0.481 e. The second-order valence-electron chi connectivity index (χ2n) is 2.43. The summed E-state index contributed by atoms with van der Waals surface area (Å²) in [5.41, 5.74) is 0. The van der Waals surface area contributed by atoms with Crippen molar-refractivity contribution in [3.05, 3.63) is 0 Å². The van der Waals surface area contributed by atoms with Gasteiger partial charge < -0.3 is 10.0 Å². The van der Waals surface area contributed by atoms with E-state index in [1.807, 2.05) is 19.0 Å². The molecule has 1 heterocycles. The Bertz CT molecular complexity index is 300. The summed E-state index contributed by atoms with van der Waals surface area (Å²) >= 11 is 2.57. The summed E-state index contributed by atoms with van der Waals surface area (Å²) in [6.45, 7) is 0. The van der Waals surface area contributed by atoms with Crippen LogP contribution in [0.15, 0.2) is 4.34 Å². The first-order chi connectivity index (χ1) is 6.09. The summed E-state index contributed by atoms with van der Waals surface area (Å²) < 4.78 is 0.686. The van der Waals surface area contributed by atoms with Crippen LogP contribution in [0.3, 0.4) is 0 Å². The van der Waals surface area contributed by atoms with E-state index in [2.05, 4.69) is 10.2 Å². The first-order valence-corrected chi connectivity index (χ1v) is 5.25. The molecule has 72 valence electrons. The number of carbonyl (C=O) groups is 1. The van der Waals surface area contributed by atoms with Gasteiger partial charge in [0, 0.05) is 14.1 Å². The Morgan fingerprint density at radius 3 is 2.77 bits per heavy atom. The van der Waals surface area contributed by atoms with Crippen LogP contribution < -0.4 is 4.90 Å². The fourth-order valence-corrected chi connectivity index (χ4v) is 2.05. The van der Waals surface area contributed by atoms with Crippen LogP contribution in [0.2, 0.25) is 0 Å². The maximum atomic E-state index is 10.2. The Hall–Kier alpha value is -0.820. The van der Waals surface area contributed by atoms with Crippen LogP contribution >= 0.6 is 23.1 Å². The average Bonchev–Trinajstić information content (AvgIpc) is 2.48. The molecule has 7 heteroatoms. The van der Waals surface area contributed by atoms with E-state index in [0.29, 0.717) is 4.34 Å². The predicted molar refractivity (Wildman–Crippen MR) is 52.6 cm³/mol. The van der Waals surface area contributed by atoms with E-state index >= 15 is 0 Å². The van der Waals surface area contributed by atoms with Gasteiger partial charge in [-0.2, -0.15) is 0 Å². The Balaban J connectivity index is 2.54. The Kier molecular flexibility index (Phi) is 3.49. The lowest BCUT2D eigenvalue weighted by Crippen LogP contribution is -2.07. The van der Waals surface area contributed by atoms with Crippen molar-refractivity contribution >= 4 is 34.2 Å². The molecule has 0 radical (unpaired) electrons. The number of carboxylic acids is 1. The quantitative estimate of drug-likeness (QED) is 0.755. The number of hydrogen-bond donors (Lipinski definition) is 1. The standard InChI is InChI=1S/C6H9N3O2S2/c1-9(2)5-7-8-6(13-5)12-3-4(10)11/h3H2,1-2H3,(H,10,11). The minimum Gasteiger partial charge on any atom is -0.481 e. The number of hydrogen-bond acceptors (Lipinski definition) is 6. The van der Waals surface area contributed by atoms with Gasteiger partial charge in [-0.15, -0.1) is 10.2 Å². The van der Waals surface area contributed by atoms with Gasteiger partial charge in [0.1, 0.15) is 0 Å². The summed E-state index contributed by atoms with van der Waals surface area (Å²) in [5, 5.41) is 16.9. The second-order valence-corrected chi connectivity index (χ2v) is 4.61. The number of thioether (sulfide) groups is 1. The molecule has 0 saturated carbocycles. The molecule has 0 spiro atoms. The smallest absolute Gasteiger partial charge is 0.313 e. The van der Waals surface area contributed by atoms with Crippen molar-refractivity contribution in [3.8, 4) is 0 Å². The van der Waals surface area contributed by atoms with Gasteiger partial charge in [-0.05, 0) is 0 Å². The highest BCUT2D eigenvalue weighted by atomic mass is 32.2. The van der Waals surface area contributed by atoms with Gasteiger partial charge in [-0.25, -0.2) is 0 Å². The molecular weight excluding hydrogens is 210 g/mol. The van der Waals surface area contributed by atoms with E-state index in [4.69, 9.17) is 5.11 Å². The van der Waals surface area contributed by atoms with Gasteiger partial charge in [0.15, 0.2) is 4.34 Å². The monoisotopic (exact) mass is 219 g/mol. The molecule has 1 N–H and O–H groups in total. The summed E-state index contributed by atoms with van der Waals surface area (Å²) in [7, 11) is 3.73. The molecule has 0 amide bonds. The van der Waals surface area contributed by atoms with Gasteiger partial charge in [0.25, 0.3) is 0 Å². The molecule has 1 aromatic heterocycles. The second kappa shape index (κ2) is 4.43. The van der Waals surface area contributed by atoms with Gasteiger partial charge in [0.2, 0.25) is 5.13 Å². The maximum absolute atomic E-state index is 10.2. The van der Waals surface area contributed by atoms with Crippen LogP contribution in [0, 0.1) is 0 Å². The lowest BCUT2D eigenvalue weighted by molar-refractivity contribution is -0.133. The van der Waals surface area contributed by atoms with Gasteiger partial charge in [-0.1, -0.05) is 23.1 Å². The van der Waals surface area contributed by atoms with E-state index in [9.17, 15) is 4.79 Å². The highest BCUT2D eigenvalue weighted by Crippen LogP contribution is 2.26. The molecule has 13 heavy (non-hydrogen) atoms. The third kappa shape index (κ3) is 3.19. The fourth-order valence-electron chi connectivity index (χ4n) is 0.565. The molecule has 1 rings (SSSR count). The topological polar surface area (TPSA) is 66.3 Å². The Morgan fingerprint density at radius 1 is 1.62 bits per heavy atom. The molecule has 0 fully saturated rings. The summed E-state index contributed by atoms with van der Waals surface area (Å²) in [4.78, 5) is 12.1. The molecule has 0 saturated heterocycles. The van der Waals surface area contributed by atoms with Gasteiger partial charge in [-0.3, -0.25) is 4.79 Å². The van der Waals surface area contributed by atoms with E-state index < -0.39 is 5.97 Å². The summed E-state index contributed by atoms with van der Waals surface area (Å²) in [5.74, 6) is -0.811. The number of carboxylic acid groups (broad SMARTS) is 1. The molecular formula is C6H9N3O2S2. The molecule has 0 aromatic carbocycles. The van der Waals surface area contributed by atoms with Gasteiger partial charge >= 0.3 is 5.97 Å². The van der Waals surface area contributed by atoms with Crippen LogP contribution in [0.4, 0.5) is 5.13 Å². The third-order valence-corrected chi connectivity index (χ3v) is 3.31. The first kappa shape index (κ1) is 10.3. The highest BCUT2D eigenvalue weighted by Gasteiger charge is 2.07. The van der Waals surface area contributed by atoms with E-state index in [0.717, 1.165) is 5.13 Å². The third-order valence-electron chi connectivity index (χ3n) is 1.10. The predicted octanol–water partition coefficient (Wildman–Crippen LogP) is 0.781. The van der Waals surface area contributed by atoms with Crippen LogP contribution in [0.25, 0.3) is 0 Å². The van der Waals surface area contributed by atoms with Crippen LogP contribution in [0.1, 0.15) is 0 Å². The SMILES string of the molecule is CN(C)c1nnc(SCC(=O)O)s1. The molecule has 0 aliphatic heterocycles. The highest BCUT2D eigenvalue weighted by molar-refractivity contribution is 8.01. The van der Waals surface area contributed by atoms with Crippen molar-refractivity contribution < 1.29 is 9.90 Å². The number of rotatable bonds is 4. The Labute approximate surface area is 83.8 Å². The van der Waals surface area contributed by atoms with Crippen molar-refractivity contribution in [3.63, 3.8) is 0 Å². The number of aliphatic carboxylic acids is 1. The van der Waals surface area contributed by atoms with Crippen molar-refractivity contribution in [2.75, 3.05) is 24.7 Å². The minimum absolute atomic E-state index is 0.0298. The van der Waals surface area contributed by atoms with Crippen molar-refractivity contribution in [2.24, 2.45) is 0 Å². The fraction of sp³-hybridized carbons (Fsp3) is 0.500. The average molecular weight is 219 g/mol. The van der Waals surface area contributed by atoms with Gasteiger partial charge in [0.05, 0.1) is 5.75 Å². The number of anilines is 1. The zero-order chi connectivity index (χ0) is 9.84. The zero-order valence-electron chi connectivity index (χ0n) is 7.22. The number of aromatic nitrogens is 2. The van der Waals surface area contributed by atoms with Crippen molar-refractivity contribution in [2.45, 2.75) is 4.34 Å². The normalized spacial score (nSPS) is 10.0. The molecule has 0 aliphatic carbocycles. The van der Waals surface area contributed by atoms with Crippen molar-refractivity contribution in [1.29, 1.82) is 0 Å². The maximum Gasteiger partial charge on any atom is 0.313 e. The van der Waals surface area contributed by atoms with Crippen LogP contribution in [-0.2, 0) is 4.79 Å². The van der Waals surface area contributed by atoms with E-state index in [1.54, 1.807) is 0 Å². The summed E-state index contributed by atoms with van der Waals surface area (Å²) in [6.07, 6.45) is 0. The van der Waals surface area contributed by atoms with Crippen molar-refractivity contribution in [1.82, 2.24) is 10.2 Å². The molecule has 0 atom stereocenters. The first-order valence-electron chi connectivity index (χ1n) is 3.45. The molecule has 1 aromatic rings. The lowest BCUT2D eigenvalue weighted by atomic mass is 10.8. The lowest BCUT2D eigenvalue weighted by Gasteiger charge is -2.03. The molecule has 5 nitrogen and oxygen atoms in total. The summed E-state index contributed by atoms with van der Waals surface area (Å²) in [6, 6.07) is 0. The zero-order valence-corrected chi connectivity index (χ0v) is 8.85. The Morgan fingerprint density at radius 2 is 2.31 bits per heavy atom. The minimum atomic E-state index is -0.841. The number of nitrogens with zero attached hydrogens (tertiary/aromatic N) is 3. The molecule has 0 unspecified atom stereocenters. The van der Waals surface area contributed by atoms with Crippen LogP contribution in [-0.4, -0.2) is 41.1 Å². The molecule has 0 aliphatic rings.